The topological polar surface area (TPSA) is 9.23 Å². The van der Waals surface area contributed by atoms with Crippen LogP contribution >= 0.6 is 0 Å². The Kier molecular flexibility index (Phi) is 2.03. The lowest BCUT2D eigenvalue weighted by Crippen LogP contribution is -1.98. The Hall–Kier alpha value is -0.980. The summed E-state index contributed by atoms with van der Waals surface area (Å²) in [4.78, 5) is 0. The largest absolute Gasteiger partial charge is 0.493 e. The van der Waals surface area contributed by atoms with Gasteiger partial charge in [0, 0.05) is 0 Å². The van der Waals surface area contributed by atoms with Gasteiger partial charge in [-0.1, -0.05) is 12.1 Å². The van der Waals surface area contributed by atoms with Crippen molar-refractivity contribution < 1.29 is 4.74 Å². The Morgan fingerprint density at radius 2 is 2.25 bits per heavy atom. The van der Waals surface area contributed by atoms with Crippen LogP contribution < -0.4 is 4.74 Å². The molecule has 0 saturated heterocycles. The summed E-state index contributed by atoms with van der Waals surface area (Å²) in [5.74, 6) is 1.69. The summed E-state index contributed by atoms with van der Waals surface area (Å²) >= 11 is 0. The highest BCUT2D eigenvalue weighted by atomic mass is 16.5. The van der Waals surface area contributed by atoms with Gasteiger partial charge in [-0.3, -0.25) is 0 Å². The molecule has 1 nitrogen and oxygen atoms in total. The Labute approximate surface area is 73.4 Å². The minimum Gasteiger partial charge on any atom is -0.493 e. The predicted octanol–water partition coefficient (Wildman–Crippen LogP) is 2.53. The molecule has 1 fully saturated rings. The van der Waals surface area contributed by atoms with Crippen LogP contribution in [0.2, 0.25) is 0 Å². The van der Waals surface area contributed by atoms with Gasteiger partial charge < -0.3 is 4.74 Å². The summed E-state index contributed by atoms with van der Waals surface area (Å²) in [6, 6.07) is 7.59. The molecule has 2 rings (SSSR count). The van der Waals surface area contributed by atoms with Gasteiger partial charge in [0.15, 0.2) is 0 Å². The molecule has 0 aromatic heterocycles. The van der Waals surface area contributed by atoms with E-state index in [-0.39, 0.29) is 0 Å². The van der Waals surface area contributed by atoms with Crippen molar-refractivity contribution in [2.75, 3.05) is 6.61 Å². The first kappa shape index (κ1) is 7.66. The average Bonchev–Trinajstić information content (AvgIpc) is 2.84. The molecule has 0 amide bonds. The zero-order chi connectivity index (χ0) is 8.39. The number of benzene rings is 1. The summed E-state index contributed by atoms with van der Waals surface area (Å²) in [5, 5.41) is 0. The maximum Gasteiger partial charge on any atom is 0.119 e. The predicted molar refractivity (Wildman–Crippen MR) is 48.1 cm³/mol. The van der Waals surface area contributed by atoms with Crippen molar-refractivity contribution >= 4 is 0 Å². The van der Waals surface area contributed by atoms with Crippen LogP contribution in [0, 0.1) is 12.8 Å². The van der Waals surface area contributed by atoms with Crippen molar-refractivity contribution in [1.29, 1.82) is 0 Å². The van der Waals surface area contributed by atoms with Crippen LogP contribution in [0.15, 0.2) is 24.3 Å². The molecular weight excluding hydrogens is 148 g/mol. The Morgan fingerprint density at radius 3 is 2.92 bits per heavy atom. The second kappa shape index (κ2) is 3.18. The molecule has 1 aromatic rings. The molecule has 1 aromatic carbocycles. The number of hydrogen-bond donors (Lipinski definition) is 0. The van der Waals surface area contributed by atoms with Gasteiger partial charge in [0.05, 0.1) is 6.61 Å². The molecule has 62 valence electrons. The van der Waals surface area contributed by atoms with Gasteiger partial charge in [0.1, 0.15) is 5.75 Å². The minimum absolute atomic E-state index is 0.767. The van der Waals surface area contributed by atoms with E-state index in [1.165, 1.54) is 12.8 Å². The molecule has 1 aliphatic rings. The van der Waals surface area contributed by atoms with E-state index in [0.717, 1.165) is 23.8 Å². The first-order valence-electron chi connectivity index (χ1n) is 4.33. The zero-order valence-electron chi connectivity index (χ0n) is 6.99. The van der Waals surface area contributed by atoms with Gasteiger partial charge in [-0.2, -0.15) is 0 Å². The fraction of sp³-hybridized carbons (Fsp3) is 0.364. The van der Waals surface area contributed by atoms with Gasteiger partial charge in [0.2, 0.25) is 0 Å². The smallest absolute Gasteiger partial charge is 0.119 e. The summed E-state index contributed by atoms with van der Waals surface area (Å²) in [5.41, 5.74) is 0.767. The molecule has 0 heterocycles. The quantitative estimate of drug-likeness (QED) is 0.660. The lowest BCUT2D eigenvalue weighted by molar-refractivity contribution is 0.299. The van der Waals surface area contributed by atoms with E-state index in [1.54, 1.807) is 0 Å². The molecule has 12 heavy (non-hydrogen) atoms. The van der Waals surface area contributed by atoms with E-state index in [2.05, 4.69) is 0 Å². The zero-order valence-corrected chi connectivity index (χ0v) is 6.99. The third-order valence-electron chi connectivity index (χ3n) is 2.04. The highest BCUT2D eigenvalue weighted by molar-refractivity contribution is 5.29. The molecule has 0 bridgehead atoms. The second-order valence-electron chi connectivity index (χ2n) is 3.33. The maximum absolute atomic E-state index is 5.60. The minimum atomic E-state index is 0.767. The normalized spacial score (nSPS) is 16.1. The Balaban J connectivity index is 1.92. The monoisotopic (exact) mass is 160 g/mol. The molecule has 1 aliphatic carbocycles. The maximum atomic E-state index is 5.60. The van der Waals surface area contributed by atoms with E-state index in [9.17, 15) is 0 Å². The molecule has 0 atom stereocenters. The van der Waals surface area contributed by atoms with Crippen LogP contribution in [0.5, 0.6) is 5.75 Å². The number of hydrogen-bond acceptors (Lipinski definition) is 1. The van der Waals surface area contributed by atoms with Crippen LogP contribution in [0.4, 0.5) is 0 Å². The van der Waals surface area contributed by atoms with Crippen molar-refractivity contribution in [3.05, 3.63) is 36.8 Å². The molecule has 2 radical (unpaired) electrons. The highest BCUT2D eigenvalue weighted by Gasteiger charge is 2.21. The number of rotatable bonds is 3. The summed E-state index contributed by atoms with van der Waals surface area (Å²) < 4.78 is 5.53. The van der Waals surface area contributed by atoms with E-state index in [1.807, 2.05) is 24.3 Å². The Bertz CT molecular complexity index is 263. The molecule has 1 saturated carbocycles. The van der Waals surface area contributed by atoms with Crippen LogP contribution in [-0.4, -0.2) is 6.61 Å². The summed E-state index contributed by atoms with van der Waals surface area (Å²) in [7, 11) is 0. The molecule has 0 spiro atoms. The van der Waals surface area contributed by atoms with E-state index < -0.39 is 0 Å². The van der Waals surface area contributed by atoms with Crippen molar-refractivity contribution in [2.24, 2.45) is 5.92 Å². The third kappa shape index (κ3) is 2.00. The standard InChI is InChI=1S/C11H12O/c1-9-3-2-4-11(7-9)12-8-10-5-6-10/h1-4,7,10H,5-6,8H2. The van der Waals surface area contributed by atoms with E-state index >= 15 is 0 Å². The highest BCUT2D eigenvalue weighted by Crippen LogP contribution is 2.29. The van der Waals surface area contributed by atoms with Crippen molar-refractivity contribution in [2.45, 2.75) is 12.8 Å². The second-order valence-corrected chi connectivity index (χ2v) is 3.33. The molecule has 0 aliphatic heterocycles. The third-order valence-corrected chi connectivity index (χ3v) is 2.04. The summed E-state index contributed by atoms with van der Waals surface area (Å²) in [6.07, 6.45) is 2.64. The van der Waals surface area contributed by atoms with Crippen molar-refractivity contribution in [3.63, 3.8) is 0 Å². The first-order valence-corrected chi connectivity index (χ1v) is 4.33. The molecule has 0 N–H and O–H groups in total. The van der Waals surface area contributed by atoms with E-state index in [0.29, 0.717) is 0 Å². The van der Waals surface area contributed by atoms with Crippen molar-refractivity contribution in [1.82, 2.24) is 0 Å². The molecular formula is C11H12O. The fourth-order valence-electron chi connectivity index (χ4n) is 1.10. The average molecular weight is 160 g/mol. The van der Waals surface area contributed by atoms with E-state index in [4.69, 9.17) is 11.7 Å². The number of ether oxygens (including phenoxy) is 1. The Morgan fingerprint density at radius 1 is 1.42 bits per heavy atom. The van der Waals surface area contributed by atoms with Gasteiger partial charge in [-0.05, 0) is 43.4 Å². The van der Waals surface area contributed by atoms with Crippen LogP contribution in [0.25, 0.3) is 0 Å². The van der Waals surface area contributed by atoms with Gasteiger partial charge >= 0.3 is 0 Å². The van der Waals surface area contributed by atoms with Crippen LogP contribution in [0.1, 0.15) is 18.4 Å². The van der Waals surface area contributed by atoms with Gasteiger partial charge in [-0.25, -0.2) is 0 Å². The SMILES string of the molecule is [CH]c1cccc(OCC2CC2)c1. The van der Waals surface area contributed by atoms with Gasteiger partial charge in [-0.15, -0.1) is 0 Å². The first-order chi connectivity index (χ1) is 5.84. The lowest BCUT2D eigenvalue weighted by atomic mass is 10.2. The van der Waals surface area contributed by atoms with Crippen LogP contribution in [0.3, 0.4) is 0 Å². The lowest BCUT2D eigenvalue weighted by Gasteiger charge is -2.04. The van der Waals surface area contributed by atoms with Crippen molar-refractivity contribution in [3.8, 4) is 5.75 Å². The molecule has 0 unspecified atom stereocenters. The van der Waals surface area contributed by atoms with Gasteiger partial charge in [0.25, 0.3) is 0 Å². The van der Waals surface area contributed by atoms with Crippen LogP contribution in [-0.2, 0) is 0 Å². The summed E-state index contributed by atoms with van der Waals surface area (Å²) in [6.45, 7) is 6.45. The fourth-order valence-corrected chi connectivity index (χ4v) is 1.10. The molecule has 1 heteroatoms.